The van der Waals surface area contributed by atoms with Crippen molar-refractivity contribution in [2.45, 2.75) is 32.4 Å². The lowest BCUT2D eigenvalue weighted by atomic mass is 10.2. The van der Waals surface area contributed by atoms with Gasteiger partial charge in [-0.05, 0) is 49.6 Å². The zero-order chi connectivity index (χ0) is 19.3. The third-order valence-electron chi connectivity index (χ3n) is 4.94. The fraction of sp³-hybridized carbons (Fsp3) is 0.318. The van der Waals surface area contributed by atoms with Crippen LogP contribution in [0.3, 0.4) is 0 Å². The number of carbonyl (C=O) groups excluding carboxylic acids is 1. The van der Waals surface area contributed by atoms with Crippen LogP contribution in [0.1, 0.15) is 34.6 Å². The summed E-state index contributed by atoms with van der Waals surface area (Å²) in [6.45, 7) is 3.78. The fourth-order valence-electron chi connectivity index (χ4n) is 3.54. The van der Waals surface area contributed by atoms with E-state index < -0.39 is 0 Å². The van der Waals surface area contributed by atoms with Gasteiger partial charge in [0.15, 0.2) is 5.69 Å². The van der Waals surface area contributed by atoms with Gasteiger partial charge in [0, 0.05) is 37.8 Å². The molecule has 0 saturated carbocycles. The first-order valence-electron chi connectivity index (χ1n) is 9.62. The topological polar surface area (TPSA) is 60.3 Å². The van der Waals surface area contributed by atoms with E-state index in [1.54, 1.807) is 12.4 Å². The van der Waals surface area contributed by atoms with Gasteiger partial charge in [0.25, 0.3) is 5.91 Å². The summed E-state index contributed by atoms with van der Waals surface area (Å²) in [6.07, 6.45) is 5.64. The molecule has 6 heteroatoms. The third kappa shape index (κ3) is 4.12. The molecular weight excluding hydrogens is 352 g/mol. The molecule has 0 radical (unpaired) electrons. The summed E-state index contributed by atoms with van der Waals surface area (Å²) in [4.78, 5) is 19.3. The molecule has 1 amide bonds. The molecule has 144 valence electrons. The Bertz CT molecular complexity index is 918. The summed E-state index contributed by atoms with van der Waals surface area (Å²) in [5.74, 6) is -0.0860. The highest BCUT2D eigenvalue weighted by Gasteiger charge is 2.25. The molecule has 4 rings (SSSR count). The summed E-state index contributed by atoms with van der Waals surface area (Å²) >= 11 is 0. The van der Waals surface area contributed by atoms with Gasteiger partial charge in [0.2, 0.25) is 0 Å². The monoisotopic (exact) mass is 376 g/mol. The Balaban J connectivity index is 1.59. The molecule has 0 bridgehead atoms. The van der Waals surface area contributed by atoms with Crippen molar-refractivity contribution < 1.29 is 9.53 Å². The smallest absolute Gasteiger partial charge is 0.274 e. The number of nitrogens with zero attached hydrogens (tertiary/aromatic N) is 4. The van der Waals surface area contributed by atoms with Gasteiger partial charge < -0.3 is 9.64 Å². The van der Waals surface area contributed by atoms with Crippen molar-refractivity contribution >= 4 is 5.91 Å². The van der Waals surface area contributed by atoms with Crippen LogP contribution in [0.4, 0.5) is 0 Å². The number of aromatic nitrogens is 3. The Hall–Kier alpha value is -2.99. The number of amides is 1. The predicted octanol–water partition coefficient (Wildman–Crippen LogP) is 3.40. The second-order valence-electron chi connectivity index (χ2n) is 7.10. The maximum absolute atomic E-state index is 13.3. The van der Waals surface area contributed by atoms with Crippen molar-refractivity contribution in [3.8, 4) is 5.69 Å². The lowest BCUT2D eigenvalue weighted by Crippen LogP contribution is -2.37. The minimum atomic E-state index is -0.0860. The first-order valence-corrected chi connectivity index (χ1v) is 9.62. The van der Waals surface area contributed by atoms with Crippen molar-refractivity contribution in [1.82, 2.24) is 19.7 Å². The van der Waals surface area contributed by atoms with Gasteiger partial charge in [-0.3, -0.25) is 9.78 Å². The SMILES string of the molecule is Cc1cc(C(=O)N(Cc2cccnc2)CC2CCCO2)nn1-c1ccccc1. The van der Waals surface area contributed by atoms with Crippen LogP contribution in [-0.4, -0.2) is 44.8 Å². The lowest BCUT2D eigenvalue weighted by Gasteiger charge is -2.24. The molecule has 6 nitrogen and oxygen atoms in total. The van der Waals surface area contributed by atoms with E-state index in [0.29, 0.717) is 18.8 Å². The fourth-order valence-corrected chi connectivity index (χ4v) is 3.54. The number of hydrogen-bond donors (Lipinski definition) is 0. The summed E-state index contributed by atoms with van der Waals surface area (Å²) in [5, 5.41) is 4.59. The normalized spacial score (nSPS) is 16.2. The van der Waals surface area contributed by atoms with Gasteiger partial charge in [-0.15, -0.1) is 0 Å². The van der Waals surface area contributed by atoms with E-state index >= 15 is 0 Å². The Morgan fingerprint density at radius 3 is 2.82 bits per heavy atom. The molecule has 1 saturated heterocycles. The lowest BCUT2D eigenvalue weighted by molar-refractivity contribution is 0.0502. The molecule has 1 atom stereocenters. The van der Waals surface area contributed by atoms with E-state index in [-0.39, 0.29) is 12.0 Å². The quantitative estimate of drug-likeness (QED) is 0.662. The number of pyridine rings is 1. The highest BCUT2D eigenvalue weighted by atomic mass is 16.5. The highest BCUT2D eigenvalue weighted by molar-refractivity contribution is 5.92. The van der Waals surface area contributed by atoms with E-state index in [1.165, 1.54) is 0 Å². The van der Waals surface area contributed by atoms with E-state index in [0.717, 1.165) is 36.4 Å². The summed E-state index contributed by atoms with van der Waals surface area (Å²) in [6, 6.07) is 15.6. The van der Waals surface area contributed by atoms with Crippen molar-refractivity contribution in [2.75, 3.05) is 13.2 Å². The molecule has 0 aliphatic carbocycles. The van der Waals surface area contributed by atoms with Crippen molar-refractivity contribution in [2.24, 2.45) is 0 Å². The zero-order valence-electron chi connectivity index (χ0n) is 16.0. The molecular formula is C22H24N4O2. The van der Waals surface area contributed by atoms with Crippen LogP contribution in [0.2, 0.25) is 0 Å². The van der Waals surface area contributed by atoms with Gasteiger partial charge in [-0.1, -0.05) is 24.3 Å². The van der Waals surface area contributed by atoms with Crippen LogP contribution >= 0.6 is 0 Å². The van der Waals surface area contributed by atoms with E-state index in [9.17, 15) is 4.79 Å². The Morgan fingerprint density at radius 2 is 2.11 bits per heavy atom. The Kier molecular flexibility index (Phi) is 5.48. The molecule has 28 heavy (non-hydrogen) atoms. The van der Waals surface area contributed by atoms with Crippen LogP contribution in [0, 0.1) is 6.92 Å². The second kappa shape index (κ2) is 8.35. The number of rotatable bonds is 6. The predicted molar refractivity (Wildman–Crippen MR) is 106 cm³/mol. The largest absolute Gasteiger partial charge is 0.376 e. The summed E-state index contributed by atoms with van der Waals surface area (Å²) in [7, 11) is 0. The average Bonchev–Trinajstić information content (AvgIpc) is 3.38. The molecule has 1 unspecified atom stereocenters. The minimum absolute atomic E-state index is 0.0814. The number of benzene rings is 1. The Morgan fingerprint density at radius 1 is 1.25 bits per heavy atom. The molecule has 3 aromatic rings. The number of hydrogen-bond acceptors (Lipinski definition) is 4. The first-order chi connectivity index (χ1) is 13.7. The zero-order valence-corrected chi connectivity index (χ0v) is 16.0. The summed E-state index contributed by atoms with van der Waals surface area (Å²) < 4.78 is 7.58. The van der Waals surface area contributed by atoms with E-state index in [1.807, 2.05) is 65.0 Å². The molecule has 1 aromatic carbocycles. The van der Waals surface area contributed by atoms with Gasteiger partial charge >= 0.3 is 0 Å². The molecule has 2 aromatic heterocycles. The standard InChI is InChI=1S/C22H24N4O2/c1-17-13-21(24-26(17)19-8-3-2-4-9-19)22(27)25(16-20-10-6-12-28-20)15-18-7-5-11-23-14-18/h2-5,7-9,11,13-14,20H,6,10,12,15-16H2,1H3. The molecule has 1 aliphatic rings. The van der Waals surface area contributed by atoms with Crippen LogP contribution in [-0.2, 0) is 11.3 Å². The molecule has 0 spiro atoms. The van der Waals surface area contributed by atoms with Crippen molar-refractivity contribution in [3.05, 3.63) is 77.9 Å². The van der Waals surface area contributed by atoms with Gasteiger partial charge in [-0.25, -0.2) is 4.68 Å². The number of aryl methyl sites for hydroxylation is 1. The van der Waals surface area contributed by atoms with Gasteiger partial charge in [-0.2, -0.15) is 5.10 Å². The van der Waals surface area contributed by atoms with Gasteiger partial charge in [0.1, 0.15) is 0 Å². The number of carbonyl (C=O) groups is 1. The average molecular weight is 376 g/mol. The number of ether oxygens (including phenoxy) is 1. The maximum atomic E-state index is 13.3. The van der Waals surface area contributed by atoms with Crippen LogP contribution < -0.4 is 0 Å². The van der Waals surface area contributed by atoms with Gasteiger partial charge in [0.05, 0.1) is 11.8 Å². The van der Waals surface area contributed by atoms with Crippen LogP contribution in [0.15, 0.2) is 60.9 Å². The third-order valence-corrected chi connectivity index (χ3v) is 4.94. The van der Waals surface area contributed by atoms with E-state index in [4.69, 9.17) is 4.74 Å². The minimum Gasteiger partial charge on any atom is -0.376 e. The maximum Gasteiger partial charge on any atom is 0.274 e. The number of para-hydroxylation sites is 1. The highest BCUT2D eigenvalue weighted by Crippen LogP contribution is 2.18. The molecule has 3 heterocycles. The van der Waals surface area contributed by atoms with Crippen molar-refractivity contribution in [1.29, 1.82) is 0 Å². The van der Waals surface area contributed by atoms with Crippen molar-refractivity contribution in [3.63, 3.8) is 0 Å². The molecule has 1 fully saturated rings. The second-order valence-corrected chi connectivity index (χ2v) is 7.10. The summed E-state index contributed by atoms with van der Waals surface area (Å²) in [5.41, 5.74) is 3.31. The Labute approximate surface area is 164 Å². The first kappa shape index (κ1) is 18.4. The molecule has 1 aliphatic heterocycles. The molecule has 0 N–H and O–H groups in total. The van der Waals surface area contributed by atoms with Crippen LogP contribution in [0.5, 0.6) is 0 Å². The van der Waals surface area contributed by atoms with Crippen LogP contribution in [0.25, 0.3) is 5.69 Å². The van der Waals surface area contributed by atoms with E-state index in [2.05, 4.69) is 10.1 Å².